The van der Waals surface area contributed by atoms with Gasteiger partial charge in [-0.2, -0.15) is 9.61 Å². The Morgan fingerprint density at radius 2 is 1.97 bits per heavy atom. The fraction of sp³-hybridized carbons (Fsp3) is 0.0909. The van der Waals surface area contributed by atoms with Gasteiger partial charge in [-0.15, -0.1) is 10.2 Å². The number of rotatable bonds is 4. The van der Waals surface area contributed by atoms with Gasteiger partial charge in [-0.3, -0.25) is 4.79 Å². The minimum Gasteiger partial charge on any atom is -0.454 e. The number of carbonyl (C=O) groups is 1. The van der Waals surface area contributed by atoms with Gasteiger partial charge in [-0.25, -0.2) is 0 Å². The van der Waals surface area contributed by atoms with Gasteiger partial charge in [0, 0.05) is 17.3 Å². The molecule has 1 amide bonds. The number of nitrogens with zero attached hydrogens (tertiary/aromatic N) is 4. The molecule has 5 rings (SSSR count). The lowest BCUT2D eigenvalue weighted by Gasteiger charge is -2.06. The van der Waals surface area contributed by atoms with Crippen LogP contribution in [0.15, 0.2) is 60.7 Å². The van der Waals surface area contributed by atoms with Crippen LogP contribution < -0.4 is 14.8 Å². The van der Waals surface area contributed by atoms with Crippen molar-refractivity contribution in [2.45, 2.75) is 6.92 Å². The number of ether oxygens (including phenoxy) is 2. The molecular weight excluding hydrogens is 382 g/mol. The lowest BCUT2D eigenvalue weighted by Crippen LogP contribution is -2.07. The first-order valence-electron chi connectivity index (χ1n) is 9.34. The van der Waals surface area contributed by atoms with E-state index in [2.05, 4.69) is 20.6 Å². The van der Waals surface area contributed by atoms with Crippen LogP contribution >= 0.6 is 0 Å². The summed E-state index contributed by atoms with van der Waals surface area (Å²) in [6.07, 6.45) is 3.21. The van der Waals surface area contributed by atoms with E-state index in [1.807, 2.05) is 61.5 Å². The summed E-state index contributed by atoms with van der Waals surface area (Å²) in [6.45, 7) is 2.07. The Balaban J connectivity index is 1.32. The summed E-state index contributed by atoms with van der Waals surface area (Å²) in [4.78, 5) is 12.4. The van der Waals surface area contributed by atoms with Gasteiger partial charge < -0.3 is 14.8 Å². The maximum absolute atomic E-state index is 12.4. The molecule has 148 valence electrons. The average molecular weight is 399 g/mol. The van der Waals surface area contributed by atoms with E-state index in [0.717, 1.165) is 16.8 Å². The van der Waals surface area contributed by atoms with E-state index in [1.165, 1.54) is 6.08 Å². The number of anilines is 1. The lowest BCUT2D eigenvalue weighted by molar-refractivity contribution is -0.111. The van der Waals surface area contributed by atoms with Crippen molar-refractivity contribution in [3.05, 3.63) is 72.1 Å². The number of hydrogen-bond acceptors (Lipinski definition) is 6. The quantitative estimate of drug-likeness (QED) is 0.529. The van der Waals surface area contributed by atoms with Crippen molar-refractivity contribution in [3.63, 3.8) is 0 Å². The third-order valence-corrected chi connectivity index (χ3v) is 4.67. The number of nitrogens with one attached hydrogen (secondary N) is 1. The fourth-order valence-corrected chi connectivity index (χ4v) is 3.18. The summed E-state index contributed by atoms with van der Waals surface area (Å²) in [5, 5.41) is 15.5. The molecular formula is C22H17N5O3. The van der Waals surface area contributed by atoms with Crippen molar-refractivity contribution < 1.29 is 14.3 Å². The van der Waals surface area contributed by atoms with Gasteiger partial charge in [-0.05, 0) is 55.0 Å². The summed E-state index contributed by atoms with van der Waals surface area (Å²) in [5.41, 5.74) is 3.86. The third kappa shape index (κ3) is 3.46. The summed E-state index contributed by atoms with van der Waals surface area (Å²) in [5.74, 6) is 1.87. The SMILES string of the molecule is Cc1nnc2ccc(-c3cccc(NC(=O)/C=C/c4ccc5c(c4)OCO5)c3)nn12. The van der Waals surface area contributed by atoms with Gasteiger partial charge in [0.25, 0.3) is 0 Å². The maximum atomic E-state index is 12.4. The standard InChI is InChI=1S/C22H17N5O3/c1-14-24-25-21-9-7-18(26-27(14)21)16-3-2-4-17(12-16)23-22(28)10-6-15-5-8-19-20(11-15)30-13-29-19/h2-12H,13H2,1H3,(H,23,28)/b10-6+. The molecule has 0 unspecified atom stereocenters. The Bertz CT molecular complexity index is 1300. The molecule has 30 heavy (non-hydrogen) atoms. The number of hydrogen-bond donors (Lipinski definition) is 1. The Hall–Kier alpha value is -4.20. The van der Waals surface area contributed by atoms with Crippen LogP contribution in [0.5, 0.6) is 11.5 Å². The molecule has 8 nitrogen and oxygen atoms in total. The Morgan fingerprint density at radius 3 is 2.90 bits per heavy atom. The molecule has 0 saturated carbocycles. The second-order valence-corrected chi connectivity index (χ2v) is 6.75. The average Bonchev–Trinajstić information content (AvgIpc) is 3.38. The molecule has 0 atom stereocenters. The third-order valence-electron chi connectivity index (χ3n) is 4.67. The van der Waals surface area contributed by atoms with E-state index < -0.39 is 0 Å². The van der Waals surface area contributed by atoms with Gasteiger partial charge >= 0.3 is 0 Å². The Kier molecular flexibility index (Phi) is 4.36. The first-order chi connectivity index (χ1) is 14.7. The zero-order valence-electron chi connectivity index (χ0n) is 16.1. The van der Waals surface area contributed by atoms with Gasteiger partial charge in [0.15, 0.2) is 23.0 Å². The van der Waals surface area contributed by atoms with Gasteiger partial charge in [-0.1, -0.05) is 18.2 Å². The predicted molar refractivity (Wildman–Crippen MR) is 111 cm³/mol. The normalized spacial score (nSPS) is 12.6. The lowest BCUT2D eigenvalue weighted by atomic mass is 10.1. The van der Waals surface area contributed by atoms with Crippen LogP contribution in [0.3, 0.4) is 0 Å². The minimum absolute atomic E-state index is 0.220. The highest BCUT2D eigenvalue weighted by atomic mass is 16.7. The van der Waals surface area contributed by atoms with E-state index in [4.69, 9.17) is 9.47 Å². The second-order valence-electron chi connectivity index (χ2n) is 6.75. The Labute approximate surface area is 171 Å². The largest absolute Gasteiger partial charge is 0.454 e. The first kappa shape index (κ1) is 17.9. The monoisotopic (exact) mass is 399 g/mol. The molecule has 4 aromatic rings. The number of benzene rings is 2. The van der Waals surface area contributed by atoms with E-state index >= 15 is 0 Å². The maximum Gasteiger partial charge on any atom is 0.248 e. The van der Waals surface area contributed by atoms with Gasteiger partial charge in [0.2, 0.25) is 12.7 Å². The highest BCUT2D eigenvalue weighted by molar-refractivity contribution is 6.02. The van der Waals surface area contributed by atoms with E-state index in [1.54, 1.807) is 10.6 Å². The van der Waals surface area contributed by atoms with Crippen LogP contribution in [0.4, 0.5) is 5.69 Å². The van der Waals surface area contributed by atoms with Crippen LogP contribution in [0.1, 0.15) is 11.4 Å². The molecule has 2 aromatic carbocycles. The van der Waals surface area contributed by atoms with Crippen LogP contribution in [0.25, 0.3) is 23.0 Å². The predicted octanol–water partition coefficient (Wildman–Crippen LogP) is 3.48. The van der Waals surface area contributed by atoms with Crippen LogP contribution in [0, 0.1) is 6.92 Å². The summed E-state index contributed by atoms with van der Waals surface area (Å²) in [6, 6.07) is 16.8. The zero-order chi connectivity index (χ0) is 20.5. The molecule has 0 saturated heterocycles. The molecule has 8 heteroatoms. The zero-order valence-corrected chi connectivity index (χ0v) is 16.1. The van der Waals surface area contributed by atoms with Crippen molar-refractivity contribution in [1.29, 1.82) is 0 Å². The fourth-order valence-electron chi connectivity index (χ4n) is 3.18. The molecule has 3 heterocycles. The van der Waals surface area contributed by atoms with Gasteiger partial charge in [0.05, 0.1) is 5.69 Å². The molecule has 0 radical (unpaired) electrons. The number of fused-ring (bicyclic) bond motifs is 2. The van der Waals surface area contributed by atoms with Crippen molar-refractivity contribution in [3.8, 4) is 22.8 Å². The van der Waals surface area contributed by atoms with Crippen molar-refractivity contribution in [2.24, 2.45) is 0 Å². The molecule has 1 aliphatic heterocycles. The number of aryl methyl sites for hydroxylation is 1. The number of aromatic nitrogens is 4. The topological polar surface area (TPSA) is 90.6 Å². The molecule has 2 aromatic heterocycles. The molecule has 1 N–H and O–H groups in total. The minimum atomic E-state index is -0.233. The van der Waals surface area contributed by atoms with Crippen molar-refractivity contribution >= 4 is 23.3 Å². The van der Waals surface area contributed by atoms with Crippen molar-refractivity contribution in [2.75, 3.05) is 12.1 Å². The van der Waals surface area contributed by atoms with Crippen LogP contribution in [0.2, 0.25) is 0 Å². The number of amides is 1. The van der Waals surface area contributed by atoms with Crippen LogP contribution in [-0.2, 0) is 4.79 Å². The van der Waals surface area contributed by atoms with Gasteiger partial charge in [0.1, 0.15) is 0 Å². The molecule has 1 aliphatic rings. The van der Waals surface area contributed by atoms with Crippen molar-refractivity contribution in [1.82, 2.24) is 19.8 Å². The van der Waals surface area contributed by atoms with E-state index in [9.17, 15) is 4.79 Å². The van der Waals surface area contributed by atoms with E-state index in [-0.39, 0.29) is 12.7 Å². The highest BCUT2D eigenvalue weighted by Crippen LogP contribution is 2.32. The number of carbonyl (C=O) groups excluding carboxylic acids is 1. The smallest absolute Gasteiger partial charge is 0.248 e. The Morgan fingerprint density at radius 1 is 1.07 bits per heavy atom. The molecule has 0 bridgehead atoms. The summed E-state index contributed by atoms with van der Waals surface area (Å²) < 4.78 is 12.3. The first-order valence-corrected chi connectivity index (χ1v) is 9.34. The molecule has 0 fully saturated rings. The molecule has 0 spiro atoms. The molecule has 0 aliphatic carbocycles. The summed E-state index contributed by atoms with van der Waals surface area (Å²) in [7, 11) is 0. The summed E-state index contributed by atoms with van der Waals surface area (Å²) >= 11 is 0. The second kappa shape index (κ2) is 7.32. The van der Waals surface area contributed by atoms with Crippen LogP contribution in [-0.4, -0.2) is 32.5 Å². The van der Waals surface area contributed by atoms with E-state index in [0.29, 0.717) is 28.7 Å². The highest BCUT2D eigenvalue weighted by Gasteiger charge is 2.12.